The highest BCUT2D eigenvalue weighted by molar-refractivity contribution is 6.31. The lowest BCUT2D eigenvalue weighted by Gasteiger charge is -2.04. The van der Waals surface area contributed by atoms with Gasteiger partial charge in [0.1, 0.15) is 11.5 Å². The second kappa shape index (κ2) is 4.32. The predicted molar refractivity (Wildman–Crippen MR) is 58.0 cm³/mol. The third-order valence-electron chi connectivity index (χ3n) is 1.92. The highest BCUT2D eigenvalue weighted by atomic mass is 35.5. The van der Waals surface area contributed by atoms with Crippen LogP contribution in [0.1, 0.15) is 10.5 Å². The number of carbonyl (C=O) groups excluding carboxylic acids is 1. The summed E-state index contributed by atoms with van der Waals surface area (Å²) in [7, 11) is 0. The number of hydrogen-bond donors (Lipinski definition) is 2. The van der Waals surface area contributed by atoms with Crippen LogP contribution in [0.3, 0.4) is 0 Å². The van der Waals surface area contributed by atoms with Crippen LogP contribution < -0.4 is 5.32 Å². The molecule has 2 rings (SSSR count). The van der Waals surface area contributed by atoms with Crippen LogP contribution in [-0.2, 0) is 0 Å². The summed E-state index contributed by atoms with van der Waals surface area (Å²) < 4.78 is 12.8. The van der Waals surface area contributed by atoms with E-state index in [1.165, 1.54) is 30.5 Å². The van der Waals surface area contributed by atoms with Crippen molar-refractivity contribution in [3.05, 3.63) is 47.0 Å². The lowest BCUT2D eigenvalue weighted by molar-refractivity contribution is 0.102. The van der Waals surface area contributed by atoms with Crippen LogP contribution >= 0.6 is 11.6 Å². The van der Waals surface area contributed by atoms with Gasteiger partial charge >= 0.3 is 0 Å². The molecule has 1 heterocycles. The monoisotopic (exact) mass is 239 g/mol. The van der Waals surface area contributed by atoms with E-state index in [1.807, 2.05) is 0 Å². The third-order valence-corrected chi connectivity index (χ3v) is 2.21. The van der Waals surface area contributed by atoms with Crippen molar-refractivity contribution in [2.24, 2.45) is 0 Å². The third kappa shape index (κ3) is 2.20. The smallest absolute Gasteiger partial charge is 0.273 e. The molecular weight excluding hydrogens is 233 g/mol. The molecule has 16 heavy (non-hydrogen) atoms. The average molecular weight is 240 g/mol. The number of rotatable bonds is 2. The molecule has 4 nitrogen and oxygen atoms in total. The van der Waals surface area contributed by atoms with E-state index in [-0.39, 0.29) is 10.9 Å². The first-order valence-corrected chi connectivity index (χ1v) is 4.80. The number of H-pyrrole nitrogens is 1. The minimum absolute atomic E-state index is 0.0394. The van der Waals surface area contributed by atoms with Gasteiger partial charge in [0.25, 0.3) is 5.91 Å². The zero-order chi connectivity index (χ0) is 11.5. The quantitative estimate of drug-likeness (QED) is 0.846. The fourth-order valence-corrected chi connectivity index (χ4v) is 1.34. The summed E-state index contributed by atoms with van der Waals surface area (Å²) >= 11 is 5.58. The van der Waals surface area contributed by atoms with E-state index in [1.54, 1.807) is 0 Å². The zero-order valence-electron chi connectivity index (χ0n) is 8.00. The van der Waals surface area contributed by atoms with Crippen LogP contribution in [0.15, 0.2) is 30.5 Å². The number of nitrogens with one attached hydrogen (secondary N) is 2. The van der Waals surface area contributed by atoms with Crippen LogP contribution in [0.25, 0.3) is 0 Å². The Morgan fingerprint density at radius 2 is 2.25 bits per heavy atom. The van der Waals surface area contributed by atoms with E-state index in [2.05, 4.69) is 15.5 Å². The number of aromatic amines is 1. The number of halogens is 2. The van der Waals surface area contributed by atoms with Crippen LogP contribution in [-0.4, -0.2) is 16.1 Å². The molecule has 0 saturated heterocycles. The molecule has 82 valence electrons. The molecule has 0 radical (unpaired) electrons. The summed E-state index contributed by atoms with van der Waals surface area (Å²) in [5.41, 5.74) is 0.742. The molecule has 1 amide bonds. The molecule has 1 aromatic carbocycles. The van der Waals surface area contributed by atoms with Crippen LogP contribution in [0.5, 0.6) is 0 Å². The largest absolute Gasteiger partial charge is 0.321 e. The first kappa shape index (κ1) is 10.6. The molecule has 2 N–H and O–H groups in total. The molecule has 0 aliphatic heterocycles. The van der Waals surface area contributed by atoms with Crippen molar-refractivity contribution in [1.29, 1.82) is 0 Å². The number of amides is 1. The van der Waals surface area contributed by atoms with Gasteiger partial charge in [0.15, 0.2) is 0 Å². The normalized spacial score (nSPS) is 10.1. The summed E-state index contributed by atoms with van der Waals surface area (Å²) in [6.45, 7) is 0. The Hall–Kier alpha value is -1.88. The van der Waals surface area contributed by atoms with E-state index in [0.717, 1.165) is 0 Å². The number of hydrogen-bond acceptors (Lipinski definition) is 2. The molecule has 0 aliphatic rings. The van der Waals surface area contributed by atoms with Crippen molar-refractivity contribution < 1.29 is 9.18 Å². The Balaban J connectivity index is 2.15. The summed E-state index contributed by atoms with van der Waals surface area (Å²) in [5.74, 6) is -0.888. The summed E-state index contributed by atoms with van der Waals surface area (Å²) in [6.07, 6.45) is 1.46. The van der Waals surface area contributed by atoms with Crippen LogP contribution in [0.2, 0.25) is 5.02 Å². The highest BCUT2D eigenvalue weighted by Gasteiger charge is 2.08. The molecule has 0 aliphatic carbocycles. The second-order valence-corrected chi connectivity index (χ2v) is 3.46. The summed E-state index contributed by atoms with van der Waals surface area (Å²) in [4.78, 5) is 11.6. The van der Waals surface area contributed by atoms with Gasteiger partial charge in [-0.2, -0.15) is 5.10 Å². The Kier molecular flexibility index (Phi) is 2.87. The van der Waals surface area contributed by atoms with Crippen LogP contribution in [0, 0.1) is 5.82 Å². The molecule has 0 saturated carbocycles. The van der Waals surface area contributed by atoms with Gasteiger partial charge in [-0.25, -0.2) is 4.39 Å². The Morgan fingerprint density at radius 1 is 1.44 bits per heavy atom. The molecule has 6 heteroatoms. The lowest BCUT2D eigenvalue weighted by Crippen LogP contribution is -2.12. The molecular formula is C10H7ClFN3O. The molecule has 0 fully saturated rings. The van der Waals surface area contributed by atoms with Gasteiger partial charge in [0.2, 0.25) is 0 Å². The van der Waals surface area contributed by atoms with Gasteiger partial charge in [0.05, 0.1) is 5.02 Å². The van der Waals surface area contributed by atoms with E-state index in [0.29, 0.717) is 11.4 Å². The van der Waals surface area contributed by atoms with Crippen molar-refractivity contribution in [2.45, 2.75) is 0 Å². The average Bonchev–Trinajstić information content (AvgIpc) is 2.77. The van der Waals surface area contributed by atoms with Crippen molar-refractivity contribution in [2.75, 3.05) is 5.32 Å². The number of carbonyl (C=O) groups is 1. The standard InChI is InChI=1S/C10H7ClFN3O/c11-7-5-6(1-2-8(7)12)14-10(16)9-3-4-13-15-9/h1-5H,(H,13,15)(H,14,16). The highest BCUT2D eigenvalue weighted by Crippen LogP contribution is 2.19. The Labute approximate surface area is 95.4 Å². The second-order valence-electron chi connectivity index (χ2n) is 3.05. The van der Waals surface area contributed by atoms with Crippen molar-refractivity contribution in [1.82, 2.24) is 10.2 Å². The molecule has 2 aromatic rings. The van der Waals surface area contributed by atoms with Crippen molar-refractivity contribution in [3.8, 4) is 0 Å². The van der Waals surface area contributed by atoms with Gasteiger partial charge in [0, 0.05) is 11.9 Å². The molecule has 0 spiro atoms. The minimum Gasteiger partial charge on any atom is -0.321 e. The van der Waals surface area contributed by atoms with Crippen molar-refractivity contribution >= 4 is 23.2 Å². The van der Waals surface area contributed by atoms with Crippen molar-refractivity contribution in [3.63, 3.8) is 0 Å². The maximum atomic E-state index is 12.8. The molecule has 1 aromatic heterocycles. The fraction of sp³-hybridized carbons (Fsp3) is 0. The number of nitrogens with zero attached hydrogens (tertiary/aromatic N) is 1. The first-order valence-electron chi connectivity index (χ1n) is 4.42. The number of benzene rings is 1. The van der Waals surface area contributed by atoms with Crippen LogP contribution in [0.4, 0.5) is 10.1 Å². The van der Waals surface area contributed by atoms with Gasteiger partial charge in [-0.3, -0.25) is 9.89 Å². The summed E-state index contributed by atoms with van der Waals surface area (Å²) in [5, 5.41) is 8.67. The maximum absolute atomic E-state index is 12.8. The van der Waals surface area contributed by atoms with Gasteiger partial charge in [-0.05, 0) is 24.3 Å². The summed E-state index contributed by atoms with van der Waals surface area (Å²) in [6, 6.07) is 5.48. The van der Waals surface area contributed by atoms with E-state index < -0.39 is 5.82 Å². The Morgan fingerprint density at radius 3 is 2.88 bits per heavy atom. The Bertz CT molecular complexity index is 513. The molecule has 0 unspecified atom stereocenters. The first-order chi connectivity index (χ1) is 7.66. The van der Waals surface area contributed by atoms with E-state index in [4.69, 9.17) is 11.6 Å². The number of anilines is 1. The molecule has 0 atom stereocenters. The van der Waals surface area contributed by atoms with E-state index in [9.17, 15) is 9.18 Å². The van der Waals surface area contributed by atoms with Gasteiger partial charge in [-0.1, -0.05) is 11.6 Å². The number of aromatic nitrogens is 2. The maximum Gasteiger partial charge on any atom is 0.273 e. The SMILES string of the molecule is O=C(Nc1ccc(F)c(Cl)c1)c1ccn[nH]1. The predicted octanol–water partition coefficient (Wildman–Crippen LogP) is 2.45. The minimum atomic E-state index is -0.527. The zero-order valence-corrected chi connectivity index (χ0v) is 8.75. The van der Waals surface area contributed by atoms with E-state index >= 15 is 0 Å². The van der Waals surface area contributed by atoms with Gasteiger partial charge < -0.3 is 5.32 Å². The molecule has 0 bridgehead atoms. The van der Waals surface area contributed by atoms with Gasteiger partial charge in [-0.15, -0.1) is 0 Å². The topological polar surface area (TPSA) is 57.8 Å². The lowest BCUT2D eigenvalue weighted by atomic mass is 10.3. The fourth-order valence-electron chi connectivity index (χ4n) is 1.15.